The summed E-state index contributed by atoms with van der Waals surface area (Å²) in [5.41, 5.74) is -0.424. The van der Waals surface area contributed by atoms with Crippen molar-refractivity contribution < 1.29 is 9.53 Å². The van der Waals surface area contributed by atoms with Crippen molar-refractivity contribution in [1.29, 1.82) is 0 Å². The van der Waals surface area contributed by atoms with E-state index in [-0.39, 0.29) is 12.1 Å². The quantitative estimate of drug-likeness (QED) is 0.862. The first-order valence-corrected chi connectivity index (χ1v) is 9.03. The van der Waals surface area contributed by atoms with Gasteiger partial charge in [0.05, 0.1) is 0 Å². The summed E-state index contributed by atoms with van der Waals surface area (Å²) >= 11 is 0. The first-order chi connectivity index (χ1) is 10.3. The number of amides is 1. The van der Waals surface area contributed by atoms with Gasteiger partial charge in [0.2, 0.25) is 0 Å². The minimum Gasteiger partial charge on any atom is -0.444 e. The summed E-state index contributed by atoms with van der Waals surface area (Å²) in [4.78, 5) is 14.5. The van der Waals surface area contributed by atoms with Crippen LogP contribution >= 0.6 is 0 Å². The molecule has 1 aliphatic carbocycles. The number of carbonyl (C=O) groups is 1. The molecule has 0 radical (unpaired) electrons. The normalized spacial score (nSPS) is 28.4. The molecule has 2 aliphatic rings. The molecule has 1 saturated heterocycles. The Hall–Kier alpha value is -0.770. The molecule has 0 spiro atoms. The number of hydrogen-bond acceptors (Lipinski definition) is 3. The summed E-state index contributed by atoms with van der Waals surface area (Å²) in [6.07, 6.45) is 7.76. The second kappa shape index (κ2) is 7.67. The average Bonchev–Trinajstić information content (AvgIpc) is 2.36. The molecule has 0 aromatic rings. The molecule has 4 heteroatoms. The predicted molar refractivity (Wildman–Crippen MR) is 90.0 cm³/mol. The molecule has 128 valence electrons. The molecule has 22 heavy (non-hydrogen) atoms. The maximum Gasteiger partial charge on any atom is 0.407 e. The maximum atomic E-state index is 12.0. The lowest BCUT2D eigenvalue weighted by Crippen LogP contribution is -2.52. The van der Waals surface area contributed by atoms with E-state index in [0.717, 1.165) is 18.9 Å². The van der Waals surface area contributed by atoms with Crippen LogP contribution in [-0.2, 0) is 4.74 Å². The van der Waals surface area contributed by atoms with Gasteiger partial charge in [-0.1, -0.05) is 26.2 Å². The highest BCUT2D eigenvalue weighted by molar-refractivity contribution is 5.68. The van der Waals surface area contributed by atoms with Crippen LogP contribution in [0, 0.1) is 11.8 Å². The van der Waals surface area contributed by atoms with Crippen LogP contribution in [0.3, 0.4) is 0 Å². The second-order valence-corrected chi connectivity index (χ2v) is 8.41. The molecule has 0 bridgehead atoms. The van der Waals surface area contributed by atoms with Crippen molar-refractivity contribution in [1.82, 2.24) is 10.2 Å². The second-order valence-electron chi connectivity index (χ2n) is 8.41. The third-order valence-electron chi connectivity index (χ3n) is 4.70. The Morgan fingerprint density at radius 3 is 2.50 bits per heavy atom. The molecular formula is C18H34N2O2. The Bertz CT molecular complexity index is 359. The third-order valence-corrected chi connectivity index (χ3v) is 4.70. The Labute approximate surface area is 136 Å². The number of likely N-dealkylation sites (tertiary alicyclic amines) is 1. The lowest BCUT2D eigenvalue weighted by atomic mass is 9.87. The average molecular weight is 310 g/mol. The number of nitrogens with zero attached hydrogens (tertiary/aromatic N) is 1. The van der Waals surface area contributed by atoms with Crippen LogP contribution in [0.15, 0.2) is 0 Å². The summed E-state index contributed by atoms with van der Waals surface area (Å²) in [6, 6.07) is 0.224. The van der Waals surface area contributed by atoms with Crippen LogP contribution in [-0.4, -0.2) is 42.3 Å². The van der Waals surface area contributed by atoms with Gasteiger partial charge in [0, 0.05) is 25.7 Å². The van der Waals surface area contributed by atoms with Gasteiger partial charge in [-0.15, -0.1) is 0 Å². The SMILES string of the molecule is CC1CC(NC(=O)OC(C)(C)C)CN(CC2CCCCC2)C1. The topological polar surface area (TPSA) is 41.6 Å². The summed E-state index contributed by atoms with van der Waals surface area (Å²) in [7, 11) is 0. The largest absolute Gasteiger partial charge is 0.444 e. The lowest BCUT2D eigenvalue weighted by molar-refractivity contribution is 0.0441. The van der Waals surface area contributed by atoms with Gasteiger partial charge in [0.25, 0.3) is 0 Å². The predicted octanol–water partition coefficient (Wildman–Crippen LogP) is 3.80. The summed E-state index contributed by atoms with van der Waals surface area (Å²) in [5.74, 6) is 1.50. The third kappa shape index (κ3) is 6.15. The molecule has 1 heterocycles. The molecule has 1 amide bonds. The van der Waals surface area contributed by atoms with Crippen molar-refractivity contribution in [3.05, 3.63) is 0 Å². The zero-order chi connectivity index (χ0) is 16.2. The van der Waals surface area contributed by atoms with Gasteiger partial charge in [0.15, 0.2) is 0 Å². The van der Waals surface area contributed by atoms with E-state index in [1.807, 2.05) is 20.8 Å². The van der Waals surface area contributed by atoms with Crippen LogP contribution < -0.4 is 5.32 Å². The van der Waals surface area contributed by atoms with Gasteiger partial charge >= 0.3 is 6.09 Å². The van der Waals surface area contributed by atoms with E-state index in [2.05, 4.69) is 17.1 Å². The van der Waals surface area contributed by atoms with Gasteiger partial charge in [-0.05, 0) is 51.9 Å². The van der Waals surface area contributed by atoms with E-state index in [1.54, 1.807) is 0 Å². The fraction of sp³-hybridized carbons (Fsp3) is 0.944. The minimum atomic E-state index is -0.424. The first-order valence-electron chi connectivity index (χ1n) is 9.03. The zero-order valence-electron chi connectivity index (χ0n) is 14.9. The Kier molecular flexibility index (Phi) is 6.13. The molecule has 4 nitrogen and oxygen atoms in total. The van der Waals surface area contributed by atoms with Crippen LogP contribution in [0.1, 0.15) is 66.2 Å². The van der Waals surface area contributed by atoms with E-state index in [4.69, 9.17) is 4.74 Å². The molecule has 2 fully saturated rings. The highest BCUT2D eigenvalue weighted by Crippen LogP contribution is 2.26. The van der Waals surface area contributed by atoms with Crippen LogP contribution in [0.5, 0.6) is 0 Å². The summed E-state index contributed by atoms with van der Waals surface area (Å²) in [6.45, 7) is 11.4. The number of ether oxygens (including phenoxy) is 1. The fourth-order valence-electron chi connectivity index (χ4n) is 3.92. The smallest absolute Gasteiger partial charge is 0.407 e. The van der Waals surface area contributed by atoms with Crippen molar-refractivity contribution in [2.45, 2.75) is 77.9 Å². The Morgan fingerprint density at radius 2 is 1.86 bits per heavy atom. The monoisotopic (exact) mass is 310 g/mol. The van der Waals surface area contributed by atoms with Crippen molar-refractivity contribution >= 4 is 6.09 Å². The summed E-state index contributed by atoms with van der Waals surface area (Å²) < 4.78 is 5.39. The number of piperidine rings is 1. The van der Waals surface area contributed by atoms with E-state index in [9.17, 15) is 4.79 Å². The number of carbonyl (C=O) groups excluding carboxylic acids is 1. The zero-order valence-corrected chi connectivity index (χ0v) is 14.9. The number of hydrogen-bond donors (Lipinski definition) is 1. The van der Waals surface area contributed by atoms with Crippen molar-refractivity contribution in [3.63, 3.8) is 0 Å². The van der Waals surface area contributed by atoms with Crippen LogP contribution in [0.2, 0.25) is 0 Å². The molecule has 0 aromatic carbocycles. The summed E-state index contributed by atoms with van der Waals surface area (Å²) in [5, 5.41) is 3.07. The number of nitrogens with one attached hydrogen (secondary N) is 1. The van der Waals surface area contributed by atoms with Gasteiger partial charge in [-0.2, -0.15) is 0 Å². The van der Waals surface area contributed by atoms with Gasteiger partial charge in [-0.3, -0.25) is 0 Å². The molecule has 2 unspecified atom stereocenters. The van der Waals surface area contributed by atoms with Crippen LogP contribution in [0.25, 0.3) is 0 Å². The lowest BCUT2D eigenvalue weighted by Gasteiger charge is -2.39. The number of rotatable bonds is 3. The molecule has 2 rings (SSSR count). The van der Waals surface area contributed by atoms with Crippen molar-refractivity contribution in [3.8, 4) is 0 Å². The minimum absolute atomic E-state index is 0.224. The van der Waals surface area contributed by atoms with Gasteiger partial charge < -0.3 is 15.0 Å². The highest BCUT2D eigenvalue weighted by Gasteiger charge is 2.29. The Balaban J connectivity index is 1.80. The van der Waals surface area contributed by atoms with Crippen molar-refractivity contribution in [2.75, 3.05) is 19.6 Å². The van der Waals surface area contributed by atoms with E-state index < -0.39 is 5.60 Å². The molecular weight excluding hydrogens is 276 g/mol. The van der Waals surface area contributed by atoms with E-state index in [1.165, 1.54) is 45.2 Å². The Morgan fingerprint density at radius 1 is 1.18 bits per heavy atom. The molecule has 1 N–H and O–H groups in total. The molecule has 0 aromatic heterocycles. The fourth-order valence-corrected chi connectivity index (χ4v) is 3.92. The number of alkyl carbamates (subject to hydrolysis) is 1. The van der Waals surface area contributed by atoms with Gasteiger partial charge in [0.1, 0.15) is 5.60 Å². The van der Waals surface area contributed by atoms with Crippen LogP contribution in [0.4, 0.5) is 4.79 Å². The maximum absolute atomic E-state index is 12.0. The van der Waals surface area contributed by atoms with Crippen molar-refractivity contribution in [2.24, 2.45) is 11.8 Å². The van der Waals surface area contributed by atoms with E-state index >= 15 is 0 Å². The van der Waals surface area contributed by atoms with Gasteiger partial charge in [-0.25, -0.2) is 4.79 Å². The molecule has 2 atom stereocenters. The molecule has 1 aliphatic heterocycles. The van der Waals surface area contributed by atoms with E-state index in [0.29, 0.717) is 5.92 Å². The first kappa shape index (κ1) is 17.6. The standard InChI is InChI=1S/C18H34N2O2/c1-14-10-16(19-17(21)22-18(2,3)4)13-20(11-14)12-15-8-6-5-7-9-15/h14-16H,5-13H2,1-4H3,(H,19,21). The molecule has 1 saturated carbocycles. The highest BCUT2D eigenvalue weighted by atomic mass is 16.6.